The summed E-state index contributed by atoms with van der Waals surface area (Å²) in [6.07, 6.45) is 0.125. The second-order valence-corrected chi connectivity index (χ2v) is 4.49. The van der Waals surface area contributed by atoms with E-state index in [1.807, 2.05) is 18.5 Å². The highest BCUT2D eigenvalue weighted by molar-refractivity contribution is 9.10. The highest BCUT2D eigenvalue weighted by Gasteiger charge is 2.18. The van der Waals surface area contributed by atoms with Gasteiger partial charge in [0.25, 0.3) is 0 Å². The molecule has 0 saturated heterocycles. The number of aryl methyl sites for hydroxylation is 2. The largest absolute Gasteiger partial charge is 0.386 e. The van der Waals surface area contributed by atoms with Gasteiger partial charge in [0.15, 0.2) is 5.78 Å². The lowest BCUT2D eigenvalue weighted by Gasteiger charge is -2.06. The molecule has 1 atom stereocenters. The molecule has 0 aliphatic heterocycles. The molecule has 0 spiro atoms. The Kier molecular flexibility index (Phi) is 4.68. The number of hydrogen-bond acceptors (Lipinski definition) is 3. The van der Waals surface area contributed by atoms with Crippen molar-refractivity contribution in [3.05, 3.63) is 15.9 Å². The fourth-order valence-corrected chi connectivity index (χ4v) is 2.20. The third-order valence-corrected chi connectivity index (χ3v) is 3.42. The van der Waals surface area contributed by atoms with Crippen molar-refractivity contribution >= 4 is 21.7 Å². The Labute approximate surface area is 104 Å². The van der Waals surface area contributed by atoms with Gasteiger partial charge in [-0.1, -0.05) is 6.92 Å². The molecule has 1 aromatic heterocycles. The van der Waals surface area contributed by atoms with Crippen LogP contribution < -0.4 is 0 Å². The quantitative estimate of drug-likeness (QED) is 0.898. The van der Waals surface area contributed by atoms with Crippen molar-refractivity contribution < 1.29 is 9.90 Å². The number of aliphatic hydroxyl groups excluding tert-OH is 1. The summed E-state index contributed by atoms with van der Waals surface area (Å²) in [7, 11) is 0. The number of aromatic nitrogens is 2. The summed E-state index contributed by atoms with van der Waals surface area (Å²) in [4.78, 5) is 11.5. The predicted molar refractivity (Wildman–Crippen MR) is 65.4 cm³/mol. The maximum atomic E-state index is 11.5. The average Bonchev–Trinajstić information content (AvgIpc) is 2.55. The molecular formula is C11H17BrN2O2. The number of hydrogen-bond donors (Lipinski definition) is 1. The molecule has 0 aliphatic carbocycles. The van der Waals surface area contributed by atoms with E-state index < -0.39 is 6.10 Å². The summed E-state index contributed by atoms with van der Waals surface area (Å²) in [5, 5.41) is 13.6. The van der Waals surface area contributed by atoms with Crippen molar-refractivity contribution in [2.75, 3.05) is 0 Å². The number of Topliss-reactive ketones (excluding diaryl/α,β-unsaturated/α-hetero) is 1. The molecule has 0 aromatic carbocycles. The van der Waals surface area contributed by atoms with E-state index in [0.29, 0.717) is 0 Å². The van der Waals surface area contributed by atoms with Crippen molar-refractivity contribution in [2.24, 2.45) is 0 Å². The molecule has 1 unspecified atom stereocenters. The highest BCUT2D eigenvalue weighted by Crippen LogP contribution is 2.23. The molecular weight excluding hydrogens is 272 g/mol. The minimum Gasteiger partial charge on any atom is -0.386 e. The van der Waals surface area contributed by atoms with E-state index in [1.54, 1.807) is 0 Å². The standard InChI is InChI=1S/C11H17BrN2O2/c1-4-8-11(12)9(14(5-2)13-8)6-10(16)7(3)15/h7,15H,4-6H2,1-3H3. The summed E-state index contributed by atoms with van der Waals surface area (Å²) in [5.41, 5.74) is 1.81. The van der Waals surface area contributed by atoms with Crippen LogP contribution in [-0.2, 0) is 24.2 Å². The summed E-state index contributed by atoms with van der Waals surface area (Å²) in [6, 6.07) is 0. The first-order valence-corrected chi connectivity index (χ1v) is 6.25. The van der Waals surface area contributed by atoms with Gasteiger partial charge in [-0.25, -0.2) is 0 Å². The monoisotopic (exact) mass is 288 g/mol. The van der Waals surface area contributed by atoms with Gasteiger partial charge >= 0.3 is 0 Å². The lowest BCUT2D eigenvalue weighted by molar-refractivity contribution is -0.125. The third-order valence-electron chi connectivity index (χ3n) is 2.50. The Morgan fingerprint density at radius 3 is 2.62 bits per heavy atom. The topological polar surface area (TPSA) is 55.1 Å². The number of halogens is 1. The Morgan fingerprint density at radius 2 is 2.19 bits per heavy atom. The van der Waals surface area contributed by atoms with Gasteiger partial charge in [0, 0.05) is 6.54 Å². The normalized spacial score (nSPS) is 12.8. The van der Waals surface area contributed by atoms with Crippen LogP contribution in [-0.4, -0.2) is 26.8 Å². The van der Waals surface area contributed by atoms with Gasteiger partial charge in [0.2, 0.25) is 0 Å². The van der Waals surface area contributed by atoms with Gasteiger partial charge in [-0.05, 0) is 36.2 Å². The second kappa shape index (κ2) is 5.59. The van der Waals surface area contributed by atoms with Crippen LogP contribution in [0.2, 0.25) is 0 Å². The van der Waals surface area contributed by atoms with Crippen LogP contribution in [0.5, 0.6) is 0 Å². The molecule has 1 heterocycles. The number of aliphatic hydroxyl groups is 1. The zero-order valence-electron chi connectivity index (χ0n) is 9.83. The van der Waals surface area contributed by atoms with Gasteiger partial charge in [-0.2, -0.15) is 5.10 Å². The van der Waals surface area contributed by atoms with Crippen molar-refractivity contribution in [3.63, 3.8) is 0 Å². The van der Waals surface area contributed by atoms with Crippen LogP contribution in [0.3, 0.4) is 0 Å². The van der Waals surface area contributed by atoms with Crippen LogP contribution >= 0.6 is 15.9 Å². The smallest absolute Gasteiger partial charge is 0.166 e. The van der Waals surface area contributed by atoms with E-state index in [0.717, 1.165) is 28.8 Å². The predicted octanol–water partition coefficient (Wildman–Crippen LogP) is 1.72. The molecule has 1 N–H and O–H groups in total. The highest BCUT2D eigenvalue weighted by atomic mass is 79.9. The Balaban J connectivity index is 3.02. The van der Waals surface area contributed by atoms with Crippen molar-refractivity contribution in [3.8, 4) is 0 Å². The molecule has 1 aromatic rings. The van der Waals surface area contributed by atoms with E-state index in [1.165, 1.54) is 6.92 Å². The van der Waals surface area contributed by atoms with E-state index >= 15 is 0 Å². The molecule has 5 heteroatoms. The number of carbonyl (C=O) groups is 1. The molecule has 0 aliphatic rings. The molecule has 1 rings (SSSR count). The summed E-state index contributed by atoms with van der Waals surface area (Å²) in [5.74, 6) is -0.182. The van der Waals surface area contributed by atoms with E-state index in [2.05, 4.69) is 21.0 Å². The molecule has 90 valence electrons. The van der Waals surface area contributed by atoms with Gasteiger partial charge in [-0.3, -0.25) is 9.48 Å². The van der Waals surface area contributed by atoms with E-state index in [4.69, 9.17) is 0 Å². The second-order valence-electron chi connectivity index (χ2n) is 3.70. The zero-order valence-corrected chi connectivity index (χ0v) is 11.4. The van der Waals surface area contributed by atoms with Gasteiger partial charge < -0.3 is 5.11 Å². The third kappa shape index (κ3) is 2.71. The SMILES string of the molecule is CCc1nn(CC)c(CC(=O)C(C)O)c1Br. The van der Waals surface area contributed by atoms with E-state index in [-0.39, 0.29) is 12.2 Å². The number of rotatable bonds is 5. The summed E-state index contributed by atoms with van der Waals surface area (Å²) in [6.45, 7) is 6.22. The summed E-state index contributed by atoms with van der Waals surface area (Å²) < 4.78 is 2.70. The van der Waals surface area contributed by atoms with E-state index in [9.17, 15) is 9.90 Å². The zero-order chi connectivity index (χ0) is 12.3. The lowest BCUT2D eigenvalue weighted by Crippen LogP contribution is -2.20. The molecule has 0 saturated carbocycles. The number of ketones is 1. The molecule has 0 radical (unpaired) electrons. The van der Waals surface area contributed by atoms with Gasteiger partial charge in [0.1, 0.15) is 6.10 Å². The lowest BCUT2D eigenvalue weighted by atomic mass is 10.1. The fraction of sp³-hybridized carbons (Fsp3) is 0.636. The average molecular weight is 289 g/mol. The Bertz CT molecular complexity index is 386. The molecule has 4 nitrogen and oxygen atoms in total. The van der Waals surface area contributed by atoms with Crippen LogP contribution in [0.15, 0.2) is 4.47 Å². The number of nitrogens with zero attached hydrogens (tertiary/aromatic N) is 2. The fourth-order valence-electron chi connectivity index (χ4n) is 1.50. The Morgan fingerprint density at radius 1 is 1.56 bits per heavy atom. The van der Waals surface area contributed by atoms with Crippen LogP contribution in [0.25, 0.3) is 0 Å². The molecule has 0 amide bonds. The van der Waals surface area contributed by atoms with Crippen molar-refractivity contribution in [2.45, 2.75) is 46.3 Å². The first kappa shape index (κ1) is 13.4. The van der Waals surface area contributed by atoms with Crippen LogP contribution in [0, 0.1) is 0 Å². The van der Waals surface area contributed by atoms with Crippen LogP contribution in [0.4, 0.5) is 0 Å². The minimum atomic E-state index is -0.919. The molecule has 0 fully saturated rings. The maximum absolute atomic E-state index is 11.5. The maximum Gasteiger partial charge on any atom is 0.166 e. The minimum absolute atomic E-state index is 0.182. The number of carbonyl (C=O) groups excluding carboxylic acids is 1. The summed E-state index contributed by atoms with van der Waals surface area (Å²) >= 11 is 3.46. The first-order chi connectivity index (χ1) is 7.51. The first-order valence-electron chi connectivity index (χ1n) is 5.46. The molecule has 0 bridgehead atoms. The van der Waals surface area contributed by atoms with Crippen molar-refractivity contribution in [1.82, 2.24) is 9.78 Å². The van der Waals surface area contributed by atoms with Gasteiger partial charge in [0.05, 0.1) is 22.3 Å². The van der Waals surface area contributed by atoms with Crippen molar-refractivity contribution in [1.29, 1.82) is 0 Å². The Hall–Kier alpha value is -0.680. The molecule has 16 heavy (non-hydrogen) atoms. The van der Waals surface area contributed by atoms with Crippen LogP contribution in [0.1, 0.15) is 32.2 Å². The van der Waals surface area contributed by atoms with Gasteiger partial charge in [-0.15, -0.1) is 0 Å².